The van der Waals surface area contributed by atoms with Gasteiger partial charge in [-0.3, -0.25) is 13.9 Å². The van der Waals surface area contributed by atoms with Crippen LogP contribution in [-0.2, 0) is 51.7 Å². The highest BCUT2D eigenvalue weighted by atomic mass is 35.5. The van der Waals surface area contributed by atoms with Gasteiger partial charge in [-0.25, -0.2) is 18.5 Å². The van der Waals surface area contributed by atoms with E-state index in [4.69, 9.17) is 40.2 Å². The Balaban J connectivity index is 1.17. The maximum absolute atomic E-state index is 15.3. The van der Waals surface area contributed by atoms with Gasteiger partial charge in [0, 0.05) is 0 Å². The quantitative estimate of drug-likeness (QED) is 0.0834. The SMILES string of the molecule is C[C@H](NP(=O)(Oc1cccc2c1CCCC2)OP(=O)(O)OC[C@H]1O[C@@H](n2cnc3c(N)nc(Cl)nc32)[C@H](F)C1O)C(=O)OCc1ccccc1. The minimum absolute atomic E-state index is 0.0174. The van der Waals surface area contributed by atoms with Crippen LogP contribution in [0.15, 0.2) is 54.9 Å². The Morgan fingerprint density at radius 3 is 2.72 bits per heavy atom. The second-order valence-corrected chi connectivity index (χ2v) is 15.3. The molecule has 16 nitrogen and oxygen atoms in total. The summed E-state index contributed by atoms with van der Waals surface area (Å²) in [7, 11) is -10.3. The lowest BCUT2D eigenvalue weighted by atomic mass is 9.91. The average Bonchev–Trinajstić information content (AvgIpc) is 3.62. The van der Waals surface area contributed by atoms with Gasteiger partial charge in [0.2, 0.25) is 5.28 Å². The number of hydrogen-bond donors (Lipinski definition) is 4. The number of imidazole rings is 1. The van der Waals surface area contributed by atoms with Crippen LogP contribution in [0.4, 0.5) is 10.2 Å². The van der Waals surface area contributed by atoms with Crippen LogP contribution >= 0.6 is 27.2 Å². The van der Waals surface area contributed by atoms with Crippen LogP contribution in [-0.4, -0.2) is 66.5 Å². The first-order valence-corrected chi connectivity index (χ1v) is 18.9. The fourth-order valence-corrected chi connectivity index (χ4v) is 8.83. The normalized spacial score (nSPS) is 23.5. The summed E-state index contributed by atoms with van der Waals surface area (Å²) in [5.74, 6) is -0.799. The van der Waals surface area contributed by atoms with E-state index in [1.165, 1.54) is 13.0 Å². The minimum atomic E-state index is -5.35. The molecule has 1 fully saturated rings. The Morgan fingerprint density at radius 1 is 1.18 bits per heavy atom. The zero-order valence-corrected chi connectivity index (χ0v) is 29.0. The third-order valence-electron chi connectivity index (χ3n) is 8.10. The van der Waals surface area contributed by atoms with E-state index in [9.17, 15) is 23.9 Å². The molecule has 2 aromatic carbocycles. The summed E-state index contributed by atoms with van der Waals surface area (Å²) < 4.78 is 70.8. The Labute approximate surface area is 290 Å². The van der Waals surface area contributed by atoms with E-state index < -0.39 is 58.8 Å². The number of carbonyl (C=O) groups is 1. The number of halogens is 2. The van der Waals surface area contributed by atoms with Crippen molar-refractivity contribution in [2.45, 2.75) is 69.9 Å². The number of ether oxygens (including phenoxy) is 2. The summed E-state index contributed by atoms with van der Waals surface area (Å²) in [5, 5.41) is 12.7. The number of aromatic nitrogens is 4. The molecule has 5 N–H and O–H groups in total. The highest BCUT2D eigenvalue weighted by molar-refractivity contribution is 7.63. The Bertz CT molecular complexity index is 1960. The summed E-state index contributed by atoms with van der Waals surface area (Å²) >= 11 is 5.90. The van der Waals surface area contributed by atoms with E-state index in [2.05, 4.69) is 20.0 Å². The monoisotopic (exact) mass is 754 g/mol. The predicted octanol–water partition coefficient (Wildman–Crippen LogP) is 4.58. The van der Waals surface area contributed by atoms with E-state index in [0.29, 0.717) is 12.0 Å². The van der Waals surface area contributed by atoms with E-state index in [1.807, 2.05) is 6.07 Å². The molecule has 3 heterocycles. The molecule has 2 aromatic heterocycles. The number of phosphoric ester groups is 1. The first kappa shape index (κ1) is 36.3. The number of anilines is 1. The van der Waals surface area contributed by atoms with Gasteiger partial charge in [0.05, 0.1) is 12.9 Å². The third kappa shape index (κ3) is 8.17. The van der Waals surface area contributed by atoms with Crippen molar-refractivity contribution in [3.8, 4) is 5.75 Å². The molecule has 0 amide bonds. The molecule has 0 saturated carbocycles. The number of hydrogen-bond acceptors (Lipinski definition) is 13. The summed E-state index contributed by atoms with van der Waals surface area (Å²) in [6.45, 7) is 0.325. The Hall–Kier alpha value is -3.50. The number of fused-ring (bicyclic) bond motifs is 2. The molecule has 6 rings (SSSR count). The maximum atomic E-state index is 15.3. The molecule has 1 aliphatic carbocycles. The van der Waals surface area contributed by atoms with Crippen molar-refractivity contribution in [3.63, 3.8) is 0 Å². The van der Waals surface area contributed by atoms with Gasteiger partial charge in [-0.1, -0.05) is 42.5 Å². The molecular weight excluding hydrogens is 721 g/mol. The second-order valence-electron chi connectivity index (χ2n) is 11.7. The largest absolute Gasteiger partial charge is 0.481 e. The lowest BCUT2D eigenvalue weighted by molar-refractivity contribution is -0.146. The van der Waals surface area contributed by atoms with Crippen LogP contribution in [0.25, 0.3) is 11.2 Å². The van der Waals surface area contributed by atoms with E-state index in [0.717, 1.165) is 41.3 Å². The van der Waals surface area contributed by atoms with Gasteiger partial charge in [0.15, 0.2) is 23.9 Å². The van der Waals surface area contributed by atoms with Gasteiger partial charge in [-0.15, -0.1) is 0 Å². The number of aliphatic hydroxyl groups excluding tert-OH is 1. The van der Waals surface area contributed by atoms with Gasteiger partial charge < -0.3 is 29.7 Å². The van der Waals surface area contributed by atoms with Crippen LogP contribution in [0.5, 0.6) is 5.75 Å². The fourth-order valence-electron chi connectivity index (χ4n) is 5.66. The summed E-state index contributed by atoms with van der Waals surface area (Å²) in [5.41, 5.74) is 8.33. The smallest absolute Gasteiger partial charge is 0.460 e. The van der Waals surface area contributed by atoms with Gasteiger partial charge in [-0.2, -0.15) is 19.4 Å². The number of benzene rings is 2. The molecule has 268 valence electrons. The van der Waals surface area contributed by atoms with Crippen molar-refractivity contribution in [1.29, 1.82) is 0 Å². The van der Waals surface area contributed by atoms with E-state index in [1.54, 1.807) is 36.4 Å². The number of nitrogen functional groups attached to an aromatic ring is 1. The van der Waals surface area contributed by atoms with Crippen molar-refractivity contribution < 1.29 is 51.1 Å². The average molecular weight is 755 g/mol. The highest BCUT2D eigenvalue weighted by Crippen LogP contribution is 2.61. The number of alkyl halides is 1. The van der Waals surface area contributed by atoms with Gasteiger partial charge in [0.1, 0.15) is 36.1 Å². The highest BCUT2D eigenvalue weighted by Gasteiger charge is 2.48. The molecule has 0 bridgehead atoms. The minimum Gasteiger partial charge on any atom is -0.460 e. The zero-order chi connectivity index (χ0) is 35.6. The number of carbonyl (C=O) groups excluding carboxylic acids is 1. The topological polar surface area (TPSA) is 219 Å². The zero-order valence-electron chi connectivity index (χ0n) is 26.5. The molecule has 0 radical (unpaired) electrons. The van der Waals surface area contributed by atoms with Crippen molar-refractivity contribution in [2.24, 2.45) is 0 Å². The Morgan fingerprint density at radius 2 is 1.94 bits per heavy atom. The molecule has 7 atom stereocenters. The number of phosphoric acid groups is 1. The molecule has 3 unspecified atom stereocenters. The number of nitrogens with one attached hydrogen (secondary N) is 1. The number of esters is 1. The number of aliphatic hydroxyl groups is 1. The van der Waals surface area contributed by atoms with Crippen LogP contribution in [0, 0.1) is 0 Å². The molecule has 2 aliphatic rings. The number of nitrogens with two attached hydrogens (primary N) is 1. The Kier molecular flexibility index (Phi) is 10.9. The molecule has 1 saturated heterocycles. The molecular formula is C30H34ClFN6O10P2. The molecule has 4 aromatic rings. The maximum Gasteiger partial charge on any atom is 0.481 e. The van der Waals surface area contributed by atoms with E-state index in [-0.39, 0.29) is 34.6 Å². The van der Waals surface area contributed by atoms with Crippen LogP contribution in [0.1, 0.15) is 42.7 Å². The molecule has 1 aliphatic heterocycles. The first-order valence-electron chi connectivity index (χ1n) is 15.5. The predicted molar refractivity (Wildman–Crippen MR) is 177 cm³/mol. The molecule has 50 heavy (non-hydrogen) atoms. The van der Waals surface area contributed by atoms with Crippen molar-refractivity contribution >= 4 is 50.1 Å². The summed E-state index contributed by atoms with van der Waals surface area (Å²) in [6.07, 6.45) is -2.71. The van der Waals surface area contributed by atoms with Crippen LogP contribution in [0.3, 0.4) is 0 Å². The fraction of sp³-hybridized carbons (Fsp3) is 0.400. The van der Waals surface area contributed by atoms with Gasteiger partial charge in [0.25, 0.3) is 0 Å². The lowest BCUT2D eigenvalue weighted by Crippen LogP contribution is -2.35. The van der Waals surface area contributed by atoms with Crippen molar-refractivity contribution in [2.75, 3.05) is 12.3 Å². The van der Waals surface area contributed by atoms with Gasteiger partial charge >= 0.3 is 21.5 Å². The molecule has 0 spiro atoms. The number of rotatable bonds is 13. The van der Waals surface area contributed by atoms with Crippen molar-refractivity contribution in [3.05, 3.63) is 76.8 Å². The second kappa shape index (κ2) is 15.0. The van der Waals surface area contributed by atoms with Crippen LogP contribution in [0.2, 0.25) is 5.28 Å². The van der Waals surface area contributed by atoms with Crippen molar-refractivity contribution in [1.82, 2.24) is 24.6 Å². The first-order chi connectivity index (χ1) is 23.8. The standard InChI is InChI=1S/C30H34ClFN6O10P2/c1-17(29(40)44-14-18-8-3-2-4-9-18)37-49(41,47-21-13-7-11-19-10-5-6-12-20(19)21)48-50(42,43)45-15-22-25(39)23(32)28(46-22)38-16-34-24-26(33)35-30(31)36-27(24)38/h2-4,7-9,11,13,16-17,22-23,25,28,39H,5-6,10,12,14-15H2,1H3,(H,37,41)(H,42,43)(H2,33,35,36)/t17-,22+,23+,25?,28+,49?/m0/s1. The van der Waals surface area contributed by atoms with E-state index >= 15 is 4.39 Å². The molecule has 20 heteroatoms. The number of nitrogens with zero attached hydrogens (tertiary/aromatic N) is 4. The third-order valence-corrected chi connectivity index (χ3v) is 11.6. The lowest BCUT2D eigenvalue weighted by Gasteiger charge is -2.27. The number of aryl methyl sites for hydroxylation is 1. The summed E-state index contributed by atoms with van der Waals surface area (Å²) in [4.78, 5) is 35.4. The summed E-state index contributed by atoms with van der Waals surface area (Å²) in [6, 6.07) is 12.6. The van der Waals surface area contributed by atoms with Gasteiger partial charge in [-0.05, 0) is 67.0 Å². The van der Waals surface area contributed by atoms with Crippen LogP contribution < -0.4 is 15.3 Å².